The lowest BCUT2D eigenvalue weighted by Gasteiger charge is -2.11. The number of aromatic nitrogens is 2. The Morgan fingerprint density at radius 3 is 2.57 bits per heavy atom. The molecule has 0 fully saturated rings. The Kier molecular flexibility index (Phi) is 5.35. The predicted octanol–water partition coefficient (Wildman–Crippen LogP) is 4.90. The van der Waals surface area contributed by atoms with Gasteiger partial charge in [0.15, 0.2) is 0 Å². The molecule has 3 aromatic rings. The van der Waals surface area contributed by atoms with Gasteiger partial charge in [0.2, 0.25) is 5.91 Å². The molecule has 0 saturated heterocycles. The second-order valence-corrected chi connectivity index (χ2v) is 7.97. The molecule has 1 aliphatic rings. The third kappa shape index (κ3) is 3.71. The second kappa shape index (κ2) is 7.95. The molecule has 0 saturated carbocycles. The first-order valence-electron chi connectivity index (χ1n) is 9.92. The molecular weight excluding hydrogens is 400 g/mol. The average Bonchev–Trinajstić information content (AvgIpc) is 3.21. The van der Waals surface area contributed by atoms with Gasteiger partial charge < -0.3 is 10.6 Å². The fourth-order valence-corrected chi connectivity index (χ4v) is 3.82. The third-order valence-corrected chi connectivity index (χ3v) is 5.71. The lowest BCUT2D eigenvalue weighted by molar-refractivity contribution is -0.123. The molecule has 154 valence electrons. The van der Waals surface area contributed by atoms with Crippen molar-refractivity contribution in [3.63, 3.8) is 0 Å². The van der Waals surface area contributed by atoms with Crippen molar-refractivity contribution in [3.05, 3.63) is 64.3 Å². The number of fused-ring (bicyclic) bond motifs is 1. The van der Waals surface area contributed by atoms with Crippen molar-refractivity contribution in [2.75, 3.05) is 10.6 Å². The van der Waals surface area contributed by atoms with Crippen LogP contribution in [0.4, 0.5) is 11.5 Å². The Hall–Kier alpha value is -3.12. The number of nitrogens with zero attached hydrogens (tertiary/aromatic N) is 2. The normalized spacial score (nSPS) is 15.1. The zero-order valence-corrected chi connectivity index (χ0v) is 17.9. The highest BCUT2D eigenvalue weighted by Gasteiger charge is 2.36. The van der Waals surface area contributed by atoms with Gasteiger partial charge in [0, 0.05) is 16.3 Å². The number of carbonyl (C=O) groups is 2. The van der Waals surface area contributed by atoms with Crippen molar-refractivity contribution >= 4 is 34.9 Å². The van der Waals surface area contributed by atoms with Gasteiger partial charge in [-0.15, -0.1) is 0 Å². The Morgan fingerprint density at radius 1 is 1.17 bits per heavy atom. The molecule has 2 amide bonds. The number of amides is 2. The predicted molar refractivity (Wildman–Crippen MR) is 119 cm³/mol. The number of carbonyl (C=O) groups excluding carboxylic acids is 2. The number of anilines is 2. The molecule has 0 radical (unpaired) electrons. The van der Waals surface area contributed by atoms with Gasteiger partial charge in [-0.1, -0.05) is 36.7 Å². The summed E-state index contributed by atoms with van der Waals surface area (Å²) < 4.78 is 1.64. The molecule has 0 bridgehead atoms. The van der Waals surface area contributed by atoms with Crippen LogP contribution in [-0.4, -0.2) is 21.6 Å². The molecule has 0 spiro atoms. The van der Waals surface area contributed by atoms with E-state index in [1.54, 1.807) is 4.68 Å². The monoisotopic (exact) mass is 422 g/mol. The van der Waals surface area contributed by atoms with Gasteiger partial charge in [0.25, 0.3) is 5.91 Å². The molecule has 0 aliphatic carbocycles. The first kappa shape index (κ1) is 20.2. The molecule has 1 atom stereocenters. The molecular formula is C23H23ClN4O2. The van der Waals surface area contributed by atoms with E-state index >= 15 is 0 Å². The SMILES string of the molecule is CCc1nn2c(c1-c1ccc(Cl)cc1)NC(=O)C2CC(=O)Nc1ccc(C)c(C)c1. The summed E-state index contributed by atoms with van der Waals surface area (Å²) in [4.78, 5) is 25.3. The number of halogens is 1. The van der Waals surface area contributed by atoms with Crippen molar-refractivity contribution in [1.82, 2.24) is 9.78 Å². The van der Waals surface area contributed by atoms with Crippen molar-refractivity contribution in [1.29, 1.82) is 0 Å². The molecule has 6 nitrogen and oxygen atoms in total. The van der Waals surface area contributed by atoms with E-state index in [4.69, 9.17) is 11.6 Å². The molecule has 4 rings (SSSR count). The summed E-state index contributed by atoms with van der Waals surface area (Å²) in [6, 6.07) is 12.5. The van der Waals surface area contributed by atoms with Crippen molar-refractivity contribution < 1.29 is 9.59 Å². The van der Waals surface area contributed by atoms with Gasteiger partial charge in [-0.3, -0.25) is 9.59 Å². The van der Waals surface area contributed by atoms with Crippen LogP contribution in [0.15, 0.2) is 42.5 Å². The second-order valence-electron chi connectivity index (χ2n) is 7.53. The van der Waals surface area contributed by atoms with Crippen LogP contribution in [-0.2, 0) is 16.0 Å². The van der Waals surface area contributed by atoms with Crippen molar-refractivity contribution in [2.24, 2.45) is 0 Å². The summed E-state index contributed by atoms with van der Waals surface area (Å²) >= 11 is 6.02. The Balaban J connectivity index is 1.60. The Labute approximate surface area is 180 Å². The van der Waals surface area contributed by atoms with Crippen LogP contribution in [0.5, 0.6) is 0 Å². The van der Waals surface area contributed by atoms with Crippen molar-refractivity contribution in [3.8, 4) is 11.1 Å². The average molecular weight is 423 g/mol. The van der Waals surface area contributed by atoms with E-state index in [1.807, 2.05) is 63.2 Å². The van der Waals surface area contributed by atoms with Gasteiger partial charge in [0.1, 0.15) is 11.9 Å². The Morgan fingerprint density at radius 2 is 1.90 bits per heavy atom. The van der Waals surface area contributed by atoms with E-state index in [1.165, 1.54) is 0 Å². The first-order valence-corrected chi connectivity index (χ1v) is 10.3. The summed E-state index contributed by atoms with van der Waals surface area (Å²) in [5.74, 6) is 0.168. The first-order chi connectivity index (χ1) is 14.4. The van der Waals surface area contributed by atoms with E-state index in [2.05, 4.69) is 15.7 Å². The van der Waals surface area contributed by atoms with E-state index in [0.29, 0.717) is 17.3 Å². The highest BCUT2D eigenvalue weighted by molar-refractivity contribution is 6.30. The maximum absolute atomic E-state index is 12.6. The maximum atomic E-state index is 12.6. The van der Waals surface area contributed by atoms with Crippen LogP contribution in [0.25, 0.3) is 11.1 Å². The van der Waals surface area contributed by atoms with E-state index < -0.39 is 6.04 Å². The number of nitrogens with one attached hydrogen (secondary N) is 2. The van der Waals surface area contributed by atoms with Crippen LogP contribution < -0.4 is 10.6 Å². The molecule has 1 aliphatic heterocycles. The summed E-state index contributed by atoms with van der Waals surface area (Å²) in [6.45, 7) is 6.03. The molecule has 2 heterocycles. The minimum atomic E-state index is -0.683. The van der Waals surface area contributed by atoms with Crippen LogP contribution in [0.3, 0.4) is 0 Å². The smallest absolute Gasteiger partial charge is 0.251 e. The van der Waals surface area contributed by atoms with Crippen LogP contribution in [0.2, 0.25) is 5.02 Å². The van der Waals surface area contributed by atoms with E-state index in [9.17, 15) is 9.59 Å². The zero-order chi connectivity index (χ0) is 21.4. The van der Waals surface area contributed by atoms with E-state index in [-0.39, 0.29) is 18.2 Å². The summed E-state index contributed by atoms with van der Waals surface area (Å²) in [7, 11) is 0. The standard InChI is InChI=1S/C23H23ClN4O2/c1-4-18-21(15-6-8-16(24)9-7-15)22-26-23(30)19(28(22)27-18)12-20(29)25-17-10-5-13(2)14(3)11-17/h5-11,19H,4,12H2,1-3H3,(H,25,29)(H,26,30). The zero-order valence-electron chi connectivity index (χ0n) is 17.1. The topological polar surface area (TPSA) is 76.0 Å². The summed E-state index contributed by atoms with van der Waals surface area (Å²) in [6.07, 6.45) is 0.714. The molecule has 7 heteroatoms. The lowest BCUT2D eigenvalue weighted by Crippen LogP contribution is -2.24. The quantitative estimate of drug-likeness (QED) is 0.613. The molecule has 1 unspecified atom stereocenters. The maximum Gasteiger partial charge on any atom is 0.251 e. The number of aryl methyl sites for hydroxylation is 3. The van der Waals surface area contributed by atoms with Gasteiger partial charge in [0.05, 0.1) is 12.1 Å². The van der Waals surface area contributed by atoms with Crippen LogP contribution in [0, 0.1) is 13.8 Å². The lowest BCUT2D eigenvalue weighted by atomic mass is 10.0. The van der Waals surface area contributed by atoms with Crippen molar-refractivity contribution in [2.45, 2.75) is 39.7 Å². The van der Waals surface area contributed by atoms with Gasteiger partial charge in [-0.25, -0.2) is 4.68 Å². The highest BCUT2D eigenvalue weighted by Crippen LogP contribution is 2.39. The van der Waals surface area contributed by atoms with E-state index in [0.717, 1.165) is 33.6 Å². The van der Waals surface area contributed by atoms with Crippen LogP contribution in [0.1, 0.15) is 36.2 Å². The summed E-state index contributed by atoms with van der Waals surface area (Å²) in [5, 5.41) is 11.1. The minimum Gasteiger partial charge on any atom is -0.326 e. The third-order valence-electron chi connectivity index (χ3n) is 5.46. The highest BCUT2D eigenvalue weighted by atomic mass is 35.5. The minimum absolute atomic E-state index is 0.0106. The van der Waals surface area contributed by atoms with Gasteiger partial charge in [-0.05, 0) is 61.2 Å². The molecule has 2 N–H and O–H groups in total. The number of hydrogen-bond acceptors (Lipinski definition) is 3. The van der Waals surface area contributed by atoms with Crippen LogP contribution >= 0.6 is 11.6 Å². The number of rotatable bonds is 5. The molecule has 30 heavy (non-hydrogen) atoms. The fraction of sp³-hybridized carbons (Fsp3) is 0.261. The van der Waals surface area contributed by atoms with Gasteiger partial charge >= 0.3 is 0 Å². The molecule has 1 aromatic heterocycles. The Bertz CT molecular complexity index is 1130. The van der Waals surface area contributed by atoms with Gasteiger partial charge in [-0.2, -0.15) is 5.10 Å². The molecule has 2 aromatic carbocycles. The summed E-state index contributed by atoms with van der Waals surface area (Å²) in [5.41, 5.74) is 5.65. The number of hydrogen-bond donors (Lipinski definition) is 2. The number of benzene rings is 2. The largest absolute Gasteiger partial charge is 0.326 e. The fourth-order valence-electron chi connectivity index (χ4n) is 3.69.